The minimum atomic E-state index is -4.71. The van der Waals surface area contributed by atoms with Crippen LogP contribution in [0.5, 0.6) is 0 Å². The number of alkyl halides is 3. The highest BCUT2D eigenvalue weighted by Gasteiger charge is 2.44. The summed E-state index contributed by atoms with van der Waals surface area (Å²) in [5, 5.41) is 35.0. The number of hydrogen-bond donors (Lipinski definition) is 6. The molecule has 2 aliphatic rings. The van der Waals surface area contributed by atoms with Crippen molar-refractivity contribution in [1.82, 2.24) is 10.2 Å². The number of nitrogens with zero attached hydrogens (tertiary/aromatic N) is 2. The maximum Gasteiger partial charge on any atom is 0.416 e. The fourth-order valence-electron chi connectivity index (χ4n) is 4.06. The van der Waals surface area contributed by atoms with Crippen LogP contribution in [-0.2, 0) is 11.0 Å². The molecule has 0 amide bonds. The molecule has 2 heterocycles. The van der Waals surface area contributed by atoms with E-state index in [1.165, 1.54) is 0 Å². The highest BCUT2D eigenvalue weighted by atomic mass is 19.4. The molecule has 9 nitrogen and oxygen atoms in total. The highest BCUT2D eigenvalue weighted by Crippen LogP contribution is 2.37. The van der Waals surface area contributed by atoms with Crippen molar-refractivity contribution in [2.24, 2.45) is 10.7 Å². The van der Waals surface area contributed by atoms with Gasteiger partial charge in [0.15, 0.2) is 19.8 Å². The van der Waals surface area contributed by atoms with Crippen LogP contribution in [0, 0.1) is 12.7 Å². The fourth-order valence-corrected chi connectivity index (χ4v) is 4.06. The van der Waals surface area contributed by atoms with Gasteiger partial charge in [0, 0.05) is 30.2 Å². The maximum atomic E-state index is 12.7. The van der Waals surface area contributed by atoms with Gasteiger partial charge in [-0.15, -0.1) is 0 Å². The molecule has 2 radical (unpaired) electrons. The molecule has 206 valence electrons. The van der Waals surface area contributed by atoms with Gasteiger partial charge < -0.3 is 41.4 Å². The molecule has 7 N–H and O–H groups in total. The number of aliphatic imine (C=N–C) groups is 1. The van der Waals surface area contributed by atoms with Crippen molar-refractivity contribution in [3.05, 3.63) is 82.1 Å². The Balaban J connectivity index is 0.000000242. The number of aldehydes is 1. The molecule has 2 aliphatic heterocycles. The van der Waals surface area contributed by atoms with Crippen molar-refractivity contribution >= 4 is 31.4 Å². The summed E-state index contributed by atoms with van der Waals surface area (Å²) in [4.78, 5) is 16.0. The van der Waals surface area contributed by atoms with Crippen molar-refractivity contribution in [1.29, 1.82) is 0 Å². The molecule has 2 aromatic rings. The molecule has 0 saturated heterocycles. The lowest BCUT2D eigenvalue weighted by atomic mass is 9.91. The highest BCUT2D eigenvalue weighted by molar-refractivity contribution is 6.14. The summed E-state index contributed by atoms with van der Waals surface area (Å²) in [6.45, 7) is 3.77. The number of allylic oxidation sites excluding steroid dienone is 1. The monoisotopic (exact) mass is 547 g/mol. The summed E-state index contributed by atoms with van der Waals surface area (Å²) >= 11 is 0. The van der Waals surface area contributed by atoms with Crippen LogP contribution in [0.3, 0.4) is 0 Å². The SMILES string of the molecule is O=CC(O)c1cc(F)cc(C(F)(F)F)c1.[B]C(O)(O)C1NC(c2ccc(NC)cc2C)=C2C(N)=NC=C(C)N21. The molecule has 0 aliphatic carbocycles. The first-order valence-corrected chi connectivity index (χ1v) is 11.4. The summed E-state index contributed by atoms with van der Waals surface area (Å²) in [5.74, 6) is -0.868. The van der Waals surface area contributed by atoms with Crippen molar-refractivity contribution < 1.29 is 37.7 Å². The molecule has 0 fully saturated rings. The molecule has 39 heavy (non-hydrogen) atoms. The number of fused-ring (bicyclic) bond motifs is 1. The lowest BCUT2D eigenvalue weighted by Crippen LogP contribution is -2.56. The van der Waals surface area contributed by atoms with Gasteiger partial charge in [0.1, 0.15) is 29.6 Å². The van der Waals surface area contributed by atoms with E-state index in [1.54, 1.807) is 18.0 Å². The maximum absolute atomic E-state index is 12.7. The van der Waals surface area contributed by atoms with Crippen molar-refractivity contribution in [3.63, 3.8) is 0 Å². The second-order valence-corrected chi connectivity index (χ2v) is 8.84. The summed E-state index contributed by atoms with van der Waals surface area (Å²) in [6, 6.07) is 7.36. The number of aryl methyl sites for hydroxylation is 1. The zero-order chi connectivity index (χ0) is 29.3. The van der Waals surface area contributed by atoms with Gasteiger partial charge in [-0.05, 0) is 55.3 Å². The molecule has 0 saturated carbocycles. The number of anilines is 1. The summed E-state index contributed by atoms with van der Waals surface area (Å²) in [5.41, 5.74) is 6.76. The zero-order valence-corrected chi connectivity index (χ0v) is 21.1. The second kappa shape index (κ2) is 11.1. The first-order chi connectivity index (χ1) is 18.1. The van der Waals surface area contributed by atoms with Crippen LogP contribution < -0.4 is 16.4 Å². The van der Waals surface area contributed by atoms with Gasteiger partial charge in [-0.3, -0.25) is 0 Å². The third kappa shape index (κ3) is 6.41. The van der Waals surface area contributed by atoms with Crippen molar-refractivity contribution in [2.75, 3.05) is 12.4 Å². The van der Waals surface area contributed by atoms with Gasteiger partial charge in [0.05, 0.1) is 11.3 Å². The van der Waals surface area contributed by atoms with E-state index in [4.69, 9.17) is 18.7 Å². The Hall–Kier alpha value is -3.88. The molecule has 0 spiro atoms. The third-order valence-corrected chi connectivity index (χ3v) is 5.93. The van der Waals surface area contributed by atoms with Crippen LogP contribution in [0.4, 0.5) is 23.2 Å². The number of amidine groups is 1. The van der Waals surface area contributed by atoms with E-state index in [9.17, 15) is 32.6 Å². The molecule has 0 bridgehead atoms. The van der Waals surface area contributed by atoms with E-state index >= 15 is 0 Å². The lowest BCUT2D eigenvalue weighted by molar-refractivity contribution is -0.138. The molecule has 0 aromatic heterocycles. The fraction of sp³-hybridized carbons (Fsp3) is 0.280. The summed E-state index contributed by atoms with van der Waals surface area (Å²) in [7, 11) is 7.39. The minimum Gasteiger partial charge on any atom is -0.388 e. The summed E-state index contributed by atoms with van der Waals surface area (Å²) < 4.78 is 49.3. The first kappa shape index (κ1) is 29.7. The van der Waals surface area contributed by atoms with Gasteiger partial charge in [0.2, 0.25) is 0 Å². The van der Waals surface area contributed by atoms with Crippen molar-refractivity contribution in [3.8, 4) is 0 Å². The molecule has 4 rings (SSSR count). The van der Waals surface area contributed by atoms with Crippen molar-refractivity contribution in [2.45, 2.75) is 38.0 Å². The normalized spacial score (nSPS) is 17.8. The molecule has 2 aromatic carbocycles. The standard InChI is InChI=1S/C16H20BN5O2.C9H6F4O2/c1-8-6-10(19-3)4-5-11(8)12-13-14(18)20-7-9(2)22(13)15(21-12)16(17,23)24;10-7-2-5(8(15)4-14)1-6(3-7)9(11,12)13/h4-7,15,19,21,23-24H,1-3H3,(H2,18,20);1-4,8,15H. The second-order valence-electron chi connectivity index (χ2n) is 8.84. The number of rotatable bonds is 5. The van der Waals surface area contributed by atoms with Gasteiger partial charge >= 0.3 is 6.18 Å². The predicted molar refractivity (Wildman–Crippen MR) is 137 cm³/mol. The number of aliphatic hydroxyl groups excluding tert-OH is 1. The number of carbonyl (C=O) groups is 1. The Morgan fingerprint density at radius 1 is 1.21 bits per heavy atom. The molecule has 2 atom stereocenters. The third-order valence-electron chi connectivity index (χ3n) is 5.93. The van der Waals surface area contributed by atoms with E-state index in [-0.39, 0.29) is 12.1 Å². The number of halogens is 4. The van der Waals surface area contributed by atoms with Crippen LogP contribution in [0.2, 0.25) is 0 Å². The number of nitrogens with one attached hydrogen (secondary N) is 2. The van der Waals surface area contributed by atoms with E-state index in [0.29, 0.717) is 35.3 Å². The summed E-state index contributed by atoms with van der Waals surface area (Å²) in [6.07, 6.45) is -5.84. The minimum absolute atomic E-state index is 0.0227. The van der Waals surface area contributed by atoms with E-state index < -0.39 is 41.1 Å². The number of hydrogen-bond acceptors (Lipinski definition) is 9. The van der Waals surface area contributed by atoms with E-state index in [1.807, 2.05) is 32.2 Å². The lowest BCUT2D eigenvalue weighted by Gasteiger charge is -2.36. The first-order valence-electron chi connectivity index (χ1n) is 11.4. The van der Waals surface area contributed by atoms with Crippen LogP contribution in [0.25, 0.3) is 5.70 Å². The Morgan fingerprint density at radius 2 is 1.87 bits per heavy atom. The number of aliphatic hydroxyl groups is 3. The smallest absolute Gasteiger partial charge is 0.388 e. The van der Waals surface area contributed by atoms with Crippen LogP contribution in [0.1, 0.15) is 35.3 Å². The van der Waals surface area contributed by atoms with Gasteiger partial charge in [0.25, 0.3) is 0 Å². The Morgan fingerprint density at radius 3 is 2.41 bits per heavy atom. The predicted octanol–water partition coefficient (Wildman–Crippen LogP) is 2.05. The average molecular weight is 547 g/mol. The Kier molecular flexibility index (Phi) is 8.43. The zero-order valence-electron chi connectivity index (χ0n) is 21.1. The number of carbonyl (C=O) groups excluding carboxylic acids is 1. The number of benzene rings is 2. The average Bonchev–Trinajstić information content (AvgIpc) is 3.27. The van der Waals surface area contributed by atoms with Gasteiger partial charge in [-0.2, -0.15) is 13.2 Å². The molecular weight excluding hydrogens is 521 g/mol. The Bertz CT molecular complexity index is 1350. The van der Waals surface area contributed by atoms with Gasteiger partial charge in [-0.1, -0.05) is 6.07 Å². The van der Waals surface area contributed by atoms with Gasteiger partial charge in [-0.25, -0.2) is 9.38 Å². The van der Waals surface area contributed by atoms with E-state index in [0.717, 1.165) is 16.8 Å². The van der Waals surface area contributed by atoms with Crippen LogP contribution >= 0.6 is 0 Å². The largest absolute Gasteiger partial charge is 0.416 e. The van der Waals surface area contributed by atoms with Crippen LogP contribution in [-0.4, -0.2) is 59.1 Å². The topological polar surface area (TPSA) is 143 Å². The Labute approximate surface area is 222 Å². The molecule has 2 unspecified atom stereocenters. The van der Waals surface area contributed by atoms with Crippen LogP contribution in [0.15, 0.2) is 59.0 Å². The number of nitrogens with two attached hydrogens (primary N) is 1. The van der Waals surface area contributed by atoms with E-state index in [2.05, 4.69) is 15.6 Å². The molecular formula is C25H26BF4N5O4. The quantitative estimate of drug-likeness (QED) is 0.145. The molecule has 14 heteroatoms.